The van der Waals surface area contributed by atoms with Crippen LogP contribution in [0.15, 0.2) is 0 Å². The Labute approximate surface area is 108 Å². The summed E-state index contributed by atoms with van der Waals surface area (Å²) in [6, 6.07) is 0.0105. The van der Waals surface area contributed by atoms with Crippen molar-refractivity contribution in [2.45, 2.75) is 52.0 Å². The van der Waals surface area contributed by atoms with Crippen LogP contribution in [0.1, 0.15) is 46.0 Å². The minimum absolute atomic E-state index is 0.188. The summed E-state index contributed by atoms with van der Waals surface area (Å²) < 4.78 is 0. The van der Waals surface area contributed by atoms with E-state index in [2.05, 4.69) is 10.6 Å². The summed E-state index contributed by atoms with van der Waals surface area (Å²) in [6.07, 6.45) is 5.36. The van der Waals surface area contributed by atoms with Gasteiger partial charge in [-0.2, -0.15) is 0 Å². The molecule has 1 fully saturated rings. The Kier molecular flexibility index (Phi) is 5.95. The summed E-state index contributed by atoms with van der Waals surface area (Å²) in [5.41, 5.74) is 0. The van der Waals surface area contributed by atoms with Gasteiger partial charge in [-0.1, -0.05) is 19.8 Å². The molecule has 0 saturated heterocycles. The number of carboxylic acids is 1. The molecule has 3 N–H and O–H groups in total. The number of carboxylic acid groups (broad SMARTS) is 1. The Hall–Kier alpha value is -1.26. The van der Waals surface area contributed by atoms with E-state index in [0.29, 0.717) is 18.9 Å². The van der Waals surface area contributed by atoms with E-state index in [1.165, 1.54) is 25.7 Å². The second kappa shape index (κ2) is 7.24. The van der Waals surface area contributed by atoms with Crippen LogP contribution >= 0.6 is 0 Å². The maximum Gasteiger partial charge on any atom is 0.315 e. The summed E-state index contributed by atoms with van der Waals surface area (Å²) in [6.45, 7) is 4.08. The van der Waals surface area contributed by atoms with E-state index in [1.54, 1.807) is 6.92 Å². The number of amides is 2. The van der Waals surface area contributed by atoms with Crippen LogP contribution in [-0.2, 0) is 4.79 Å². The zero-order valence-electron chi connectivity index (χ0n) is 11.2. The first-order valence-electron chi connectivity index (χ1n) is 6.78. The van der Waals surface area contributed by atoms with Gasteiger partial charge in [0.05, 0.1) is 5.92 Å². The minimum atomic E-state index is -0.823. The van der Waals surface area contributed by atoms with Crippen LogP contribution in [-0.4, -0.2) is 29.7 Å². The largest absolute Gasteiger partial charge is 0.481 e. The van der Waals surface area contributed by atoms with Gasteiger partial charge in [-0.3, -0.25) is 4.79 Å². The molecule has 1 saturated carbocycles. The molecule has 2 amide bonds. The van der Waals surface area contributed by atoms with Crippen molar-refractivity contribution in [3.05, 3.63) is 0 Å². The van der Waals surface area contributed by atoms with Gasteiger partial charge in [-0.15, -0.1) is 0 Å². The maximum absolute atomic E-state index is 11.6. The fraction of sp³-hybridized carbons (Fsp3) is 0.846. The molecule has 0 aromatic rings. The van der Waals surface area contributed by atoms with E-state index < -0.39 is 11.9 Å². The van der Waals surface area contributed by atoms with Gasteiger partial charge in [0.25, 0.3) is 0 Å². The molecule has 1 aliphatic carbocycles. The lowest BCUT2D eigenvalue weighted by molar-refractivity contribution is -0.141. The summed E-state index contributed by atoms with van der Waals surface area (Å²) in [5.74, 6) is -0.650. The fourth-order valence-electron chi connectivity index (χ4n) is 2.36. The smallest absolute Gasteiger partial charge is 0.315 e. The third kappa shape index (κ3) is 4.94. The van der Waals surface area contributed by atoms with E-state index in [4.69, 9.17) is 5.11 Å². The van der Waals surface area contributed by atoms with Crippen LogP contribution in [0.2, 0.25) is 0 Å². The van der Waals surface area contributed by atoms with Gasteiger partial charge in [0.15, 0.2) is 0 Å². The lowest BCUT2D eigenvalue weighted by Gasteiger charge is -2.20. The lowest BCUT2D eigenvalue weighted by atomic mass is 10.0. The monoisotopic (exact) mass is 256 g/mol. The van der Waals surface area contributed by atoms with Gasteiger partial charge in [-0.05, 0) is 32.1 Å². The minimum Gasteiger partial charge on any atom is -0.481 e. The summed E-state index contributed by atoms with van der Waals surface area (Å²) in [4.78, 5) is 22.2. The Morgan fingerprint density at radius 1 is 1.28 bits per heavy atom. The van der Waals surface area contributed by atoms with Crippen molar-refractivity contribution in [1.82, 2.24) is 10.6 Å². The Balaban J connectivity index is 2.15. The van der Waals surface area contributed by atoms with Crippen LogP contribution in [0.5, 0.6) is 0 Å². The first-order chi connectivity index (χ1) is 8.50. The van der Waals surface area contributed by atoms with E-state index in [0.717, 1.165) is 0 Å². The number of hydrogen-bond acceptors (Lipinski definition) is 2. The highest BCUT2D eigenvalue weighted by molar-refractivity contribution is 5.74. The number of rotatable bonds is 6. The molecule has 104 valence electrons. The molecular formula is C13H24N2O3. The third-order valence-electron chi connectivity index (χ3n) is 3.75. The van der Waals surface area contributed by atoms with Crippen molar-refractivity contribution in [3.63, 3.8) is 0 Å². The van der Waals surface area contributed by atoms with E-state index in [1.807, 2.05) is 6.92 Å². The molecule has 0 radical (unpaired) electrons. The van der Waals surface area contributed by atoms with Crippen molar-refractivity contribution in [1.29, 1.82) is 0 Å². The Bertz CT molecular complexity index is 288. The van der Waals surface area contributed by atoms with Crippen molar-refractivity contribution in [2.24, 2.45) is 11.8 Å². The van der Waals surface area contributed by atoms with Gasteiger partial charge < -0.3 is 15.7 Å². The van der Waals surface area contributed by atoms with Crippen LogP contribution < -0.4 is 10.6 Å². The molecule has 1 aliphatic rings. The van der Waals surface area contributed by atoms with Crippen molar-refractivity contribution < 1.29 is 14.7 Å². The van der Waals surface area contributed by atoms with Crippen molar-refractivity contribution in [2.75, 3.05) is 6.54 Å². The molecule has 1 rings (SSSR count). The standard InChI is InChI=1S/C13H24N2O3/c1-9(12(16)17)7-8-14-13(18)15-10(2)11-5-3-4-6-11/h9-11H,3-8H2,1-2H3,(H,16,17)(H2,14,15,18). The number of nitrogens with one attached hydrogen (secondary N) is 2. The highest BCUT2D eigenvalue weighted by Gasteiger charge is 2.22. The highest BCUT2D eigenvalue weighted by atomic mass is 16.4. The fourth-order valence-corrected chi connectivity index (χ4v) is 2.36. The van der Waals surface area contributed by atoms with Gasteiger partial charge >= 0.3 is 12.0 Å². The SMILES string of the molecule is CC(CCNC(=O)NC(C)C1CCCC1)C(=O)O. The normalized spacial score (nSPS) is 19.2. The number of aliphatic carboxylic acids is 1. The van der Waals surface area contributed by atoms with E-state index in [-0.39, 0.29) is 12.1 Å². The van der Waals surface area contributed by atoms with Crippen LogP contribution in [0.25, 0.3) is 0 Å². The first-order valence-corrected chi connectivity index (χ1v) is 6.78. The molecule has 2 unspecified atom stereocenters. The third-order valence-corrected chi connectivity index (χ3v) is 3.75. The molecule has 0 bridgehead atoms. The molecule has 5 nitrogen and oxygen atoms in total. The molecule has 2 atom stereocenters. The zero-order valence-corrected chi connectivity index (χ0v) is 11.2. The van der Waals surface area contributed by atoms with E-state index >= 15 is 0 Å². The van der Waals surface area contributed by atoms with Crippen LogP contribution in [0, 0.1) is 11.8 Å². The zero-order chi connectivity index (χ0) is 13.5. The molecule has 0 heterocycles. The Morgan fingerprint density at radius 3 is 2.44 bits per heavy atom. The summed E-state index contributed by atoms with van der Waals surface area (Å²) in [7, 11) is 0. The average molecular weight is 256 g/mol. The Morgan fingerprint density at radius 2 is 1.89 bits per heavy atom. The molecule has 0 aromatic carbocycles. The van der Waals surface area contributed by atoms with E-state index in [9.17, 15) is 9.59 Å². The number of urea groups is 1. The van der Waals surface area contributed by atoms with Gasteiger partial charge in [-0.25, -0.2) is 4.79 Å². The lowest BCUT2D eigenvalue weighted by Crippen LogP contribution is -2.44. The second-order valence-electron chi connectivity index (χ2n) is 5.26. The first kappa shape index (κ1) is 14.8. The molecule has 0 spiro atoms. The van der Waals surface area contributed by atoms with Crippen molar-refractivity contribution in [3.8, 4) is 0 Å². The highest BCUT2D eigenvalue weighted by Crippen LogP contribution is 2.27. The van der Waals surface area contributed by atoms with Crippen molar-refractivity contribution >= 4 is 12.0 Å². The molecule has 18 heavy (non-hydrogen) atoms. The molecule has 5 heteroatoms. The quantitative estimate of drug-likeness (QED) is 0.680. The summed E-state index contributed by atoms with van der Waals surface area (Å²) in [5, 5.41) is 14.3. The number of carbonyl (C=O) groups is 2. The predicted molar refractivity (Wildman–Crippen MR) is 69.4 cm³/mol. The predicted octanol–water partition coefficient (Wildman–Crippen LogP) is 1.98. The van der Waals surface area contributed by atoms with Gasteiger partial charge in [0.2, 0.25) is 0 Å². The average Bonchev–Trinajstić information content (AvgIpc) is 2.81. The molecule has 0 aromatic heterocycles. The molecular weight excluding hydrogens is 232 g/mol. The number of hydrogen-bond donors (Lipinski definition) is 3. The van der Waals surface area contributed by atoms with Crippen LogP contribution in [0.4, 0.5) is 4.79 Å². The van der Waals surface area contributed by atoms with Crippen LogP contribution in [0.3, 0.4) is 0 Å². The topological polar surface area (TPSA) is 78.4 Å². The second-order valence-corrected chi connectivity index (χ2v) is 5.26. The maximum atomic E-state index is 11.6. The van der Waals surface area contributed by atoms with Gasteiger partial charge in [0, 0.05) is 12.6 Å². The number of carbonyl (C=O) groups excluding carboxylic acids is 1. The summed E-state index contributed by atoms with van der Waals surface area (Å²) >= 11 is 0. The van der Waals surface area contributed by atoms with Gasteiger partial charge in [0.1, 0.15) is 0 Å². The molecule has 0 aliphatic heterocycles.